The molecule has 0 saturated carbocycles. The van der Waals surface area contributed by atoms with Crippen molar-refractivity contribution >= 4 is 41.5 Å². The maximum Gasteiger partial charge on any atom is 0.322 e. The van der Waals surface area contributed by atoms with Crippen molar-refractivity contribution in [1.29, 1.82) is 0 Å². The van der Waals surface area contributed by atoms with E-state index in [2.05, 4.69) is 26.6 Å². The number of amides is 5. The van der Waals surface area contributed by atoms with E-state index in [1.54, 1.807) is 30.3 Å². The summed E-state index contributed by atoms with van der Waals surface area (Å²) >= 11 is 0. The molecule has 5 amide bonds. The predicted octanol–water partition coefficient (Wildman–Crippen LogP) is 2.27. The van der Waals surface area contributed by atoms with Gasteiger partial charge in [-0.1, -0.05) is 121 Å². The highest BCUT2D eigenvalue weighted by molar-refractivity contribution is 5.96. The minimum absolute atomic E-state index is 0.0775. The van der Waals surface area contributed by atoms with Gasteiger partial charge in [0.1, 0.15) is 30.2 Å². The van der Waals surface area contributed by atoms with Crippen LogP contribution in [0, 0.1) is 0 Å². The minimum Gasteiger partial charge on any atom is -0.481 e. The molecule has 0 aliphatic heterocycles. The van der Waals surface area contributed by atoms with Crippen molar-refractivity contribution in [3.8, 4) is 0 Å². The summed E-state index contributed by atoms with van der Waals surface area (Å²) in [4.78, 5) is 89.1. The van der Waals surface area contributed by atoms with Crippen LogP contribution in [0.25, 0.3) is 0 Å². The van der Waals surface area contributed by atoms with Crippen LogP contribution < -0.4 is 26.6 Å². The van der Waals surface area contributed by atoms with Crippen molar-refractivity contribution in [1.82, 2.24) is 26.6 Å². The van der Waals surface area contributed by atoms with E-state index in [4.69, 9.17) is 5.11 Å². The van der Waals surface area contributed by atoms with E-state index in [0.29, 0.717) is 5.56 Å². The highest BCUT2D eigenvalue weighted by Gasteiger charge is 2.38. The zero-order valence-corrected chi connectivity index (χ0v) is 30.1. The maximum absolute atomic E-state index is 13.9. The smallest absolute Gasteiger partial charge is 0.322 e. The molecule has 55 heavy (non-hydrogen) atoms. The molecule has 0 aliphatic carbocycles. The maximum atomic E-state index is 13.9. The van der Waals surface area contributed by atoms with Crippen LogP contribution in [0.3, 0.4) is 0 Å². The van der Waals surface area contributed by atoms with E-state index in [-0.39, 0.29) is 19.3 Å². The van der Waals surface area contributed by atoms with Gasteiger partial charge >= 0.3 is 11.9 Å². The fourth-order valence-electron chi connectivity index (χ4n) is 6.12. The van der Waals surface area contributed by atoms with Crippen molar-refractivity contribution in [3.63, 3.8) is 0 Å². The van der Waals surface area contributed by atoms with Crippen LogP contribution in [0.5, 0.6) is 0 Å². The van der Waals surface area contributed by atoms with Gasteiger partial charge in [0.15, 0.2) is 0 Å². The van der Waals surface area contributed by atoms with Gasteiger partial charge in [-0.2, -0.15) is 0 Å². The third-order valence-electron chi connectivity index (χ3n) is 8.64. The summed E-state index contributed by atoms with van der Waals surface area (Å²) in [5, 5.41) is 31.3. The first-order valence-corrected chi connectivity index (χ1v) is 17.5. The van der Waals surface area contributed by atoms with Crippen LogP contribution in [0.1, 0.15) is 48.4 Å². The molecule has 0 saturated heterocycles. The number of hydrogen-bond acceptors (Lipinski definition) is 7. The Bertz CT molecular complexity index is 1850. The Morgan fingerprint density at radius 2 is 1.02 bits per heavy atom. The lowest BCUT2D eigenvalue weighted by molar-refractivity contribution is -0.142. The topological polar surface area (TPSA) is 220 Å². The first kappa shape index (κ1) is 40.9. The SMILES string of the molecule is CC(=O)N[C@@H](CCC(=O)NC(c1ccccc1)(c1ccccc1)c1ccccc1)C(=O)N[C@@H](CC(=O)O)C(=O)N[C@@H](Cc1ccccc1)C(=O)NCC(=O)O. The number of nitrogens with one attached hydrogen (secondary N) is 5. The first-order chi connectivity index (χ1) is 26.4. The van der Waals surface area contributed by atoms with E-state index in [1.807, 2.05) is 91.0 Å². The molecule has 0 aromatic heterocycles. The van der Waals surface area contributed by atoms with Gasteiger partial charge in [0.05, 0.1) is 6.42 Å². The number of benzene rings is 4. The summed E-state index contributed by atoms with van der Waals surface area (Å²) in [5.74, 6) is -6.71. The van der Waals surface area contributed by atoms with Crippen molar-refractivity contribution in [2.45, 2.75) is 56.3 Å². The number of hydrogen-bond donors (Lipinski definition) is 7. The third kappa shape index (κ3) is 11.8. The minimum atomic E-state index is -1.72. The summed E-state index contributed by atoms with van der Waals surface area (Å²) < 4.78 is 0. The summed E-state index contributed by atoms with van der Waals surface area (Å²) in [6.07, 6.45) is -1.48. The second kappa shape index (κ2) is 19.9. The normalized spacial score (nSPS) is 12.5. The third-order valence-corrected chi connectivity index (χ3v) is 8.64. The highest BCUT2D eigenvalue weighted by atomic mass is 16.4. The largest absolute Gasteiger partial charge is 0.481 e. The molecule has 14 heteroatoms. The average molecular weight is 750 g/mol. The van der Waals surface area contributed by atoms with Gasteiger partial charge in [0, 0.05) is 19.8 Å². The molecule has 4 aromatic rings. The number of carboxylic acid groups (broad SMARTS) is 2. The number of carbonyl (C=O) groups excluding carboxylic acids is 5. The molecule has 7 N–H and O–H groups in total. The number of rotatable bonds is 19. The van der Waals surface area contributed by atoms with Crippen LogP contribution in [-0.4, -0.2) is 76.4 Å². The van der Waals surface area contributed by atoms with E-state index in [1.165, 1.54) is 0 Å². The molecule has 0 bridgehead atoms. The van der Waals surface area contributed by atoms with Crippen LogP contribution in [0.2, 0.25) is 0 Å². The van der Waals surface area contributed by atoms with Gasteiger partial charge in [-0.05, 0) is 28.7 Å². The Balaban J connectivity index is 1.55. The van der Waals surface area contributed by atoms with Crippen molar-refractivity contribution < 1.29 is 43.8 Å². The van der Waals surface area contributed by atoms with Crippen molar-refractivity contribution in [2.75, 3.05) is 6.54 Å². The lowest BCUT2D eigenvalue weighted by Gasteiger charge is -2.37. The Kier molecular flexibility index (Phi) is 14.8. The molecule has 4 aromatic carbocycles. The molecule has 0 unspecified atom stereocenters. The monoisotopic (exact) mass is 749 g/mol. The van der Waals surface area contributed by atoms with Gasteiger partial charge in [0.25, 0.3) is 0 Å². The molecule has 4 rings (SSSR count). The van der Waals surface area contributed by atoms with E-state index in [0.717, 1.165) is 23.6 Å². The van der Waals surface area contributed by atoms with Gasteiger partial charge in [0.2, 0.25) is 29.5 Å². The second-order valence-electron chi connectivity index (χ2n) is 12.7. The summed E-state index contributed by atoms with van der Waals surface area (Å²) in [7, 11) is 0. The van der Waals surface area contributed by atoms with E-state index < -0.39 is 78.1 Å². The second-order valence-corrected chi connectivity index (χ2v) is 12.7. The van der Waals surface area contributed by atoms with Crippen LogP contribution >= 0.6 is 0 Å². The lowest BCUT2D eigenvalue weighted by atomic mass is 9.77. The molecule has 286 valence electrons. The fourth-order valence-corrected chi connectivity index (χ4v) is 6.12. The lowest BCUT2D eigenvalue weighted by Crippen LogP contribution is -2.57. The molecular weight excluding hydrogens is 706 g/mol. The number of aliphatic carboxylic acids is 2. The Hall–Kier alpha value is -6.83. The Labute approximate surface area is 317 Å². The predicted molar refractivity (Wildman–Crippen MR) is 201 cm³/mol. The fraction of sp³-hybridized carbons (Fsp3) is 0.244. The van der Waals surface area contributed by atoms with Crippen LogP contribution in [-0.2, 0) is 45.5 Å². The van der Waals surface area contributed by atoms with Crippen molar-refractivity contribution in [2.24, 2.45) is 0 Å². The first-order valence-electron chi connectivity index (χ1n) is 17.5. The molecule has 0 heterocycles. The molecule has 14 nitrogen and oxygen atoms in total. The van der Waals surface area contributed by atoms with Gasteiger partial charge in [-0.15, -0.1) is 0 Å². The average Bonchev–Trinajstić information content (AvgIpc) is 3.18. The van der Waals surface area contributed by atoms with E-state index >= 15 is 0 Å². The molecule has 0 spiro atoms. The Morgan fingerprint density at radius 3 is 1.47 bits per heavy atom. The van der Waals surface area contributed by atoms with Gasteiger partial charge in [-0.3, -0.25) is 33.6 Å². The zero-order valence-electron chi connectivity index (χ0n) is 30.1. The molecule has 0 aliphatic rings. The standard InChI is InChI=1S/C41H43N5O9/c1-27(47)43-32(22-23-35(48)46-41(29-16-8-3-9-17-29,30-18-10-4-11-19-30)31-20-12-5-13-21-31)39(54)45-34(25-36(49)50)40(55)44-33(38(53)42-26-37(51)52)24-28-14-6-2-7-15-28/h2-21,32-34H,22-26H2,1H3,(H,42,53)(H,43,47)(H,44,55)(H,45,54)(H,46,48)(H,49,50)(H,51,52)/t32-,33-,34-/m0/s1. The molecule has 3 atom stereocenters. The molecular formula is C41H43N5O9. The summed E-state index contributed by atoms with van der Waals surface area (Å²) in [6.45, 7) is 0.432. The van der Waals surface area contributed by atoms with Gasteiger partial charge < -0.3 is 36.8 Å². The zero-order chi connectivity index (χ0) is 39.8. The molecule has 0 radical (unpaired) electrons. The van der Waals surface area contributed by atoms with Crippen molar-refractivity contribution in [3.05, 3.63) is 144 Å². The molecule has 0 fully saturated rings. The number of carbonyl (C=O) groups is 7. The van der Waals surface area contributed by atoms with E-state index in [9.17, 15) is 38.7 Å². The highest BCUT2D eigenvalue weighted by Crippen LogP contribution is 2.37. The summed E-state index contributed by atoms with van der Waals surface area (Å²) in [5.41, 5.74) is 1.76. The summed E-state index contributed by atoms with van der Waals surface area (Å²) in [6, 6.07) is 32.1. The van der Waals surface area contributed by atoms with Gasteiger partial charge in [-0.25, -0.2) is 0 Å². The quantitative estimate of drug-likeness (QED) is 0.0699. The van der Waals surface area contributed by atoms with Crippen LogP contribution in [0.4, 0.5) is 0 Å². The number of carboxylic acids is 2. The van der Waals surface area contributed by atoms with Crippen LogP contribution in [0.15, 0.2) is 121 Å². The Morgan fingerprint density at radius 1 is 0.564 bits per heavy atom.